The molecular formula is C20H27N3O3S. The van der Waals surface area contributed by atoms with Gasteiger partial charge in [-0.2, -0.15) is 0 Å². The molecule has 6 nitrogen and oxygen atoms in total. The monoisotopic (exact) mass is 389 g/mol. The van der Waals surface area contributed by atoms with Crippen molar-refractivity contribution < 1.29 is 13.2 Å². The minimum absolute atomic E-state index is 0.149. The summed E-state index contributed by atoms with van der Waals surface area (Å²) in [6.45, 7) is 5.04. The molecule has 0 unspecified atom stereocenters. The predicted octanol–water partition coefficient (Wildman–Crippen LogP) is 2.79. The summed E-state index contributed by atoms with van der Waals surface area (Å²) in [6, 6.07) is 11.8. The van der Waals surface area contributed by atoms with Crippen molar-refractivity contribution in [3.63, 3.8) is 0 Å². The first-order valence-electron chi connectivity index (χ1n) is 8.83. The molecule has 0 aliphatic rings. The number of hydrogen-bond donors (Lipinski definition) is 2. The second-order valence-electron chi connectivity index (χ2n) is 6.80. The topological polar surface area (TPSA) is 78.5 Å². The highest BCUT2D eigenvalue weighted by Crippen LogP contribution is 2.20. The van der Waals surface area contributed by atoms with Crippen molar-refractivity contribution in [1.29, 1.82) is 0 Å². The van der Waals surface area contributed by atoms with Gasteiger partial charge in [0.15, 0.2) is 0 Å². The lowest BCUT2D eigenvalue weighted by Gasteiger charge is -2.12. The van der Waals surface area contributed by atoms with Crippen molar-refractivity contribution in [3.05, 3.63) is 59.2 Å². The molecule has 0 spiro atoms. The van der Waals surface area contributed by atoms with Gasteiger partial charge in [0.25, 0.3) is 5.91 Å². The average Bonchev–Trinajstić information content (AvgIpc) is 2.62. The highest BCUT2D eigenvalue weighted by atomic mass is 32.2. The maximum Gasteiger partial charge on any atom is 0.255 e. The van der Waals surface area contributed by atoms with Crippen molar-refractivity contribution in [2.75, 3.05) is 32.5 Å². The van der Waals surface area contributed by atoms with Crippen LogP contribution in [0, 0.1) is 13.8 Å². The number of carbonyl (C=O) groups excluding carboxylic acids is 1. The van der Waals surface area contributed by atoms with Gasteiger partial charge in [0.05, 0.1) is 4.90 Å². The van der Waals surface area contributed by atoms with Gasteiger partial charge in [0.2, 0.25) is 10.0 Å². The summed E-state index contributed by atoms with van der Waals surface area (Å²) in [6.07, 6.45) is 0.725. The van der Waals surface area contributed by atoms with Crippen LogP contribution in [-0.2, 0) is 10.0 Å². The Kier molecular flexibility index (Phi) is 7.12. The van der Waals surface area contributed by atoms with Gasteiger partial charge in [0.1, 0.15) is 0 Å². The van der Waals surface area contributed by atoms with Crippen LogP contribution in [0.3, 0.4) is 0 Å². The Morgan fingerprint density at radius 1 is 1.00 bits per heavy atom. The minimum atomic E-state index is -3.57. The Balaban J connectivity index is 2.04. The fraction of sp³-hybridized carbons (Fsp3) is 0.350. The standard InChI is InChI=1S/C20H27N3O3S/c1-15-7-5-8-16(2)19(15)22-20(24)17-9-11-18(12-10-17)27(25,26)21-13-6-14-23(3)4/h5,7-12,21H,6,13-14H2,1-4H3,(H,22,24). The van der Waals surface area contributed by atoms with E-state index in [4.69, 9.17) is 0 Å². The zero-order valence-electron chi connectivity index (χ0n) is 16.2. The van der Waals surface area contributed by atoms with E-state index in [1.54, 1.807) is 0 Å². The number of anilines is 1. The molecule has 2 N–H and O–H groups in total. The second kappa shape index (κ2) is 9.12. The van der Waals surface area contributed by atoms with Crippen molar-refractivity contribution >= 4 is 21.6 Å². The molecule has 0 aromatic heterocycles. The normalized spacial score (nSPS) is 11.6. The number of carbonyl (C=O) groups is 1. The molecule has 0 atom stereocenters. The molecule has 0 fully saturated rings. The largest absolute Gasteiger partial charge is 0.322 e. The van der Waals surface area contributed by atoms with Gasteiger partial charge in [-0.05, 0) is 76.3 Å². The van der Waals surface area contributed by atoms with Gasteiger partial charge in [-0.3, -0.25) is 4.79 Å². The minimum Gasteiger partial charge on any atom is -0.322 e. The third-order valence-electron chi connectivity index (χ3n) is 4.22. The number of benzene rings is 2. The summed E-state index contributed by atoms with van der Waals surface area (Å²) in [5, 5.41) is 2.90. The molecule has 146 valence electrons. The van der Waals surface area contributed by atoms with Crippen LogP contribution in [0.4, 0.5) is 5.69 Å². The molecule has 2 aromatic rings. The van der Waals surface area contributed by atoms with E-state index in [1.807, 2.05) is 51.0 Å². The maximum atomic E-state index is 12.5. The molecule has 0 radical (unpaired) electrons. The van der Waals surface area contributed by atoms with E-state index < -0.39 is 10.0 Å². The Hall–Kier alpha value is -2.22. The first kappa shape index (κ1) is 21.1. The fourth-order valence-corrected chi connectivity index (χ4v) is 3.74. The maximum absolute atomic E-state index is 12.5. The van der Waals surface area contributed by atoms with Crippen molar-refractivity contribution in [2.24, 2.45) is 0 Å². The van der Waals surface area contributed by atoms with Gasteiger partial charge >= 0.3 is 0 Å². The van der Waals surface area contributed by atoms with E-state index in [1.165, 1.54) is 24.3 Å². The van der Waals surface area contributed by atoms with Crippen LogP contribution >= 0.6 is 0 Å². The SMILES string of the molecule is Cc1cccc(C)c1NC(=O)c1ccc(S(=O)(=O)NCCCN(C)C)cc1. The third kappa shape index (κ3) is 5.89. The average molecular weight is 390 g/mol. The first-order valence-corrected chi connectivity index (χ1v) is 10.3. The summed E-state index contributed by atoms with van der Waals surface area (Å²) in [5.74, 6) is -0.268. The van der Waals surface area contributed by atoms with Crippen molar-refractivity contribution in [3.8, 4) is 0 Å². The molecule has 0 bridgehead atoms. The number of rotatable bonds is 8. The van der Waals surface area contributed by atoms with Crippen molar-refractivity contribution in [1.82, 2.24) is 9.62 Å². The quantitative estimate of drug-likeness (QED) is 0.681. The lowest BCUT2D eigenvalue weighted by atomic mass is 10.1. The molecule has 0 aliphatic heterocycles. The summed E-state index contributed by atoms with van der Waals surface area (Å²) < 4.78 is 27.2. The highest BCUT2D eigenvalue weighted by molar-refractivity contribution is 7.89. The third-order valence-corrected chi connectivity index (χ3v) is 5.70. The molecule has 0 heterocycles. The Labute approximate surface area is 161 Å². The molecule has 1 amide bonds. The van der Waals surface area contributed by atoms with Crippen LogP contribution < -0.4 is 10.0 Å². The molecule has 2 aromatic carbocycles. The summed E-state index contributed by atoms with van der Waals surface area (Å²) in [7, 11) is 0.309. The lowest BCUT2D eigenvalue weighted by molar-refractivity contribution is 0.102. The number of sulfonamides is 1. The van der Waals surface area contributed by atoms with Crippen LogP contribution in [0.25, 0.3) is 0 Å². The van der Waals surface area contributed by atoms with E-state index in [9.17, 15) is 13.2 Å². The van der Waals surface area contributed by atoms with Crippen LogP contribution in [0.2, 0.25) is 0 Å². The second-order valence-corrected chi connectivity index (χ2v) is 8.57. The van der Waals surface area contributed by atoms with E-state index >= 15 is 0 Å². The number of para-hydroxylation sites is 1. The highest BCUT2D eigenvalue weighted by Gasteiger charge is 2.15. The van der Waals surface area contributed by atoms with Crippen molar-refractivity contribution in [2.45, 2.75) is 25.2 Å². The van der Waals surface area contributed by atoms with Crippen LogP contribution in [0.1, 0.15) is 27.9 Å². The van der Waals surface area contributed by atoms with E-state index in [0.29, 0.717) is 12.1 Å². The summed E-state index contributed by atoms with van der Waals surface area (Å²) >= 11 is 0. The fourth-order valence-electron chi connectivity index (χ4n) is 2.67. The number of nitrogens with one attached hydrogen (secondary N) is 2. The van der Waals surface area contributed by atoms with Gasteiger partial charge < -0.3 is 10.2 Å². The Bertz CT molecular complexity index is 871. The number of nitrogens with zero attached hydrogens (tertiary/aromatic N) is 1. The van der Waals surface area contributed by atoms with Gasteiger partial charge in [0, 0.05) is 17.8 Å². The van der Waals surface area contributed by atoms with E-state index in [0.717, 1.165) is 29.8 Å². The Morgan fingerprint density at radius 2 is 1.59 bits per heavy atom. The van der Waals surface area contributed by atoms with Gasteiger partial charge in [-0.1, -0.05) is 18.2 Å². The molecule has 0 aliphatic carbocycles. The van der Waals surface area contributed by atoms with Crippen LogP contribution in [0.5, 0.6) is 0 Å². The summed E-state index contributed by atoms with van der Waals surface area (Å²) in [4.78, 5) is 14.6. The predicted molar refractivity (Wildman–Crippen MR) is 109 cm³/mol. The zero-order valence-corrected chi connectivity index (χ0v) is 17.1. The molecule has 0 saturated carbocycles. The van der Waals surface area contributed by atoms with E-state index in [2.05, 4.69) is 10.0 Å². The smallest absolute Gasteiger partial charge is 0.255 e. The molecule has 2 rings (SSSR count). The zero-order chi connectivity index (χ0) is 20.0. The first-order chi connectivity index (χ1) is 12.7. The van der Waals surface area contributed by atoms with Crippen LogP contribution in [-0.4, -0.2) is 46.4 Å². The number of amides is 1. The van der Waals surface area contributed by atoms with Crippen LogP contribution in [0.15, 0.2) is 47.4 Å². The number of aryl methyl sites for hydroxylation is 2. The molecule has 0 saturated heterocycles. The van der Waals surface area contributed by atoms with E-state index in [-0.39, 0.29) is 10.8 Å². The molecule has 27 heavy (non-hydrogen) atoms. The van der Waals surface area contributed by atoms with Gasteiger partial charge in [-0.25, -0.2) is 13.1 Å². The molecular weight excluding hydrogens is 362 g/mol. The lowest BCUT2D eigenvalue weighted by Crippen LogP contribution is -2.27. The van der Waals surface area contributed by atoms with Gasteiger partial charge in [-0.15, -0.1) is 0 Å². The summed E-state index contributed by atoms with van der Waals surface area (Å²) in [5.41, 5.74) is 3.14. The molecule has 7 heteroatoms. The number of hydrogen-bond acceptors (Lipinski definition) is 4. The Morgan fingerprint density at radius 3 is 2.15 bits per heavy atom.